The molecule has 1 aromatic rings. The van der Waals surface area contributed by atoms with E-state index in [9.17, 15) is 4.79 Å². The second-order valence-corrected chi connectivity index (χ2v) is 6.63. The van der Waals surface area contributed by atoms with Gasteiger partial charge in [-0.15, -0.1) is 11.3 Å². The van der Waals surface area contributed by atoms with E-state index in [1.165, 1.54) is 11.3 Å². The number of amides is 1. The molecule has 1 fully saturated rings. The zero-order valence-electron chi connectivity index (χ0n) is 12.4. The van der Waals surface area contributed by atoms with Crippen molar-refractivity contribution in [1.29, 1.82) is 0 Å². The lowest BCUT2D eigenvalue weighted by atomic mass is 10.0. The molecule has 2 N–H and O–H groups in total. The highest BCUT2D eigenvalue weighted by Gasteiger charge is 2.32. The number of thiophene rings is 1. The first-order valence-corrected chi connectivity index (χ1v) is 7.96. The Morgan fingerprint density at radius 3 is 3.00 bits per heavy atom. The summed E-state index contributed by atoms with van der Waals surface area (Å²) >= 11 is 1.49. The van der Waals surface area contributed by atoms with E-state index in [1.54, 1.807) is 0 Å². The van der Waals surface area contributed by atoms with Gasteiger partial charge in [0.05, 0.1) is 16.3 Å². The second kappa shape index (κ2) is 6.43. The number of carbonyl (C=O) groups excluding carboxylic acids is 1. The van der Waals surface area contributed by atoms with Crippen molar-refractivity contribution in [3.63, 3.8) is 0 Å². The minimum Gasteiger partial charge on any atom is -0.335 e. The van der Waals surface area contributed by atoms with Crippen molar-refractivity contribution in [1.82, 2.24) is 4.90 Å². The van der Waals surface area contributed by atoms with Crippen molar-refractivity contribution in [2.75, 3.05) is 13.1 Å². The molecule has 1 aliphatic rings. The molecule has 2 rings (SSSR count). The van der Waals surface area contributed by atoms with E-state index in [2.05, 4.69) is 25.7 Å². The van der Waals surface area contributed by atoms with Crippen LogP contribution in [0.3, 0.4) is 0 Å². The van der Waals surface area contributed by atoms with Gasteiger partial charge in [-0.2, -0.15) is 0 Å². The van der Waals surface area contributed by atoms with Crippen LogP contribution in [0.5, 0.6) is 0 Å². The van der Waals surface area contributed by atoms with Crippen LogP contribution in [-0.4, -0.2) is 29.9 Å². The molecule has 2 heterocycles. The van der Waals surface area contributed by atoms with Crippen molar-refractivity contribution in [3.8, 4) is 11.8 Å². The third-order valence-corrected chi connectivity index (χ3v) is 4.90. The molecule has 0 aromatic carbocycles. The molecule has 0 aliphatic carbocycles. The van der Waals surface area contributed by atoms with Crippen LogP contribution in [0.1, 0.15) is 46.8 Å². The van der Waals surface area contributed by atoms with Gasteiger partial charge in [0.1, 0.15) is 0 Å². The fraction of sp³-hybridized carbons (Fsp3) is 0.562. The fourth-order valence-corrected chi connectivity index (χ4v) is 3.73. The average molecular weight is 290 g/mol. The minimum absolute atomic E-state index is 0.162. The van der Waals surface area contributed by atoms with Crippen LogP contribution < -0.4 is 5.73 Å². The largest absolute Gasteiger partial charge is 0.335 e. The van der Waals surface area contributed by atoms with Crippen molar-refractivity contribution in [2.24, 2.45) is 11.7 Å². The van der Waals surface area contributed by atoms with Crippen molar-refractivity contribution < 1.29 is 4.79 Å². The molecule has 0 spiro atoms. The lowest BCUT2D eigenvalue weighted by Crippen LogP contribution is -2.38. The molecule has 1 saturated heterocycles. The Morgan fingerprint density at radius 2 is 2.35 bits per heavy atom. The normalized spacial score (nSPS) is 18.2. The van der Waals surface area contributed by atoms with Crippen LogP contribution >= 0.6 is 11.3 Å². The molecule has 108 valence electrons. The first-order chi connectivity index (χ1) is 9.54. The molecule has 1 aliphatic heterocycles. The minimum atomic E-state index is 0.162. The summed E-state index contributed by atoms with van der Waals surface area (Å²) in [4.78, 5) is 16.5. The highest BCUT2D eigenvalue weighted by molar-refractivity contribution is 7.14. The molecule has 0 saturated carbocycles. The molecular weight excluding hydrogens is 268 g/mol. The van der Waals surface area contributed by atoms with Gasteiger partial charge in [0.2, 0.25) is 0 Å². The summed E-state index contributed by atoms with van der Waals surface area (Å²) < 4.78 is 0. The van der Waals surface area contributed by atoms with Gasteiger partial charge in [-0.3, -0.25) is 4.79 Å². The van der Waals surface area contributed by atoms with E-state index in [1.807, 2.05) is 17.9 Å². The summed E-state index contributed by atoms with van der Waals surface area (Å²) in [6.45, 7) is 7.60. The Labute approximate surface area is 125 Å². The van der Waals surface area contributed by atoms with E-state index in [-0.39, 0.29) is 5.91 Å². The third kappa shape index (κ3) is 3.05. The van der Waals surface area contributed by atoms with E-state index in [0.717, 1.165) is 34.7 Å². The van der Waals surface area contributed by atoms with Crippen molar-refractivity contribution in [2.45, 2.75) is 39.7 Å². The topological polar surface area (TPSA) is 46.3 Å². The first kappa shape index (κ1) is 15.1. The van der Waals surface area contributed by atoms with E-state index < -0.39 is 0 Å². The number of nitrogens with zero attached hydrogens (tertiary/aromatic N) is 1. The Balaban J connectivity index is 2.21. The second-order valence-electron chi connectivity index (χ2n) is 5.58. The molecule has 4 heteroatoms. The van der Waals surface area contributed by atoms with Gasteiger partial charge in [0.25, 0.3) is 5.91 Å². The Hall–Kier alpha value is -1.31. The molecule has 1 atom stereocenters. The number of carbonyl (C=O) groups is 1. The van der Waals surface area contributed by atoms with Gasteiger partial charge in [0.15, 0.2) is 0 Å². The number of likely N-dealkylation sites (tertiary alicyclic amines) is 1. The van der Waals surface area contributed by atoms with Gasteiger partial charge in [0, 0.05) is 12.6 Å². The lowest BCUT2D eigenvalue weighted by molar-refractivity contribution is 0.0706. The monoisotopic (exact) mass is 290 g/mol. The molecule has 1 unspecified atom stereocenters. The summed E-state index contributed by atoms with van der Waals surface area (Å²) in [7, 11) is 0. The van der Waals surface area contributed by atoms with Crippen LogP contribution in [0.2, 0.25) is 0 Å². The fourth-order valence-electron chi connectivity index (χ4n) is 2.72. The van der Waals surface area contributed by atoms with Crippen LogP contribution in [0.15, 0.2) is 6.07 Å². The first-order valence-electron chi connectivity index (χ1n) is 7.15. The van der Waals surface area contributed by atoms with Crippen LogP contribution in [0.4, 0.5) is 0 Å². The molecule has 1 amide bonds. The number of hydrogen-bond donors (Lipinski definition) is 1. The van der Waals surface area contributed by atoms with Crippen LogP contribution in [-0.2, 0) is 0 Å². The Kier molecular flexibility index (Phi) is 4.85. The molecule has 20 heavy (non-hydrogen) atoms. The Bertz CT molecular complexity index is 551. The molecule has 3 nitrogen and oxygen atoms in total. The molecule has 0 radical (unpaired) electrons. The van der Waals surface area contributed by atoms with Gasteiger partial charge >= 0.3 is 0 Å². The molecule has 0 bridgehead atoms. The highest BCUT2D eigenvalue weighted by atomic mass is 32.1. The van der Waals surface area contributed by atoms with Gasteiger partial charge in [-0.25, -0.2) is 0 Å². The summed E-state index contributed by atoms with van der Waals surface area (Å²) in [5.74, 6) is 6.58. The predicted octanol–water partition coefficient (Wildman–Crippen LogP) is 2.63. The SMILES string of the molecule is Cc1cc(C(=O)N2CCCC2C(C)C)sc1C#CCN. The summed E-state index contributed by atoms with van der Waals surface area (Å²) in [6, 6.07) is 2.34. The Morgan fingerprint density at radius 1 is 1.60 bits per heavy atom. The summed E-state index contributed by atoms with van der Waals surface area (Å²) in [5.41, 5.74) is 6.47. The van der Waals surface area contributed by atoms with Crippen molar-refractivity contribution in [3.05, 3.63) is 21.4 Å². The smallest absolute Gasteiger partial charge is 0.264 e. The van der Waals surface area contributed by atoms with Gasteiger partial charge in [-0.1, -0.05) is 25.7 Å². The van der Waals surface area contributed by atoms with Crippen molar-refractivity contribution >= 4 is 17.2 Å². The lowest BCUT2D eigenvalue weighted by Gasteiger charge is -2.27. The molecule has 1 aromatic heterocycles. The maximum atomic E-state index is 12.7. The highest BCUT2D eigenvalue weighted by Crippen LogP contribution is 2.29. The number of hydrogen-bond acceptors (Lipinski definition) is 3. The number of nitrogens with two attached hydrogens (primary N) is 1. The third-order valence-electron chi connectivity index (χ3n) is 3.76. The maximum absolute atomic E-state index is 12.7. The van der Waals surface area contributed by atoms with E-state index in [0.29, 0.717) is 18.5 Å². The van der Waals surface area contributed by atoms with Gasteiger partial charge in [-0.05, 0) is 37.3 Å². The number of aryl methyl sites for hydroxylation is 1. The van der Waals surface area contributed by atoms with Crippen LogP contribution in [0, 0.1) is 24.7 Å². The summed E-state index contributed by atoms with van der Waals surface area (Å²) in [6.07, 6.45) is 2.23. The average Bonchev–Trinajstić information content (AvgIpc) is 3.02. The zero-order chi connectivity index (χ0) is 14.7. The maximum Gasteiger partial charge on any atom is 0.264 e. The number of rotatable bonds is 2. The van der Waals surface area contributed by atoms with E-state index in [4.69, 9.17) is 5.73 Å². The predicted molar refractivity (Wildman–Crippen MR) is 83.9 cm³/mol. The molecular formula is C16H22N2OS. The zero-order valence-corrected chi connectivity index (χ0v) is 13.2. The quantitative estimate of drug-likeness (QED) is 0.851. The van der Waals surface area contributed by atoms with E-state index >= 15 is 0 Å². The van der Waals surface area contributed by atoms with Crippen LogP contribution in [0.25, 0.3) is 0 Å². The summed E-state index contributed by atoms with van der Waals surface area (Å²) in [5, 5.41) is 0. The van der Waals surface area contributed by atoms with Gasteiger partial charge < -0.3 is 10.6 Å². The standard InChI is InChI=1S/C16H22N2OS/c1-11(2)13-6-5-9-18(13)16(19)15-10-12(3)14(20-15)7-4-8-17/h10-11,13H,5-6,8-9,17H2,1-3H3.